The average molecular weight is 491 g/mol. The molecule has 0 radical (unpaired) electrons. The maximum atomic E-state index is 11.6. The van der Waals surface area contributed by atoms with Crippen LogP contribution in [-0.2, 0) is 16.0 Å². The van der Waals surface area contributed by atoms with E-state index in [1.165, 1.54) is 5.57 Å². The number of rotatable bonds is 7. The van der Waals surface area contributed by atoms with E-state index in [0.29, 0.717) is 5.75 Å². The SMILES string of the molecule is CCCCCc1cc(O[C@@H]2O[C@H](C(=O)O)[C@@H](O)[C@H](O)[C@H]2O)c2c(c1)OC(C)(C)[C@@H]1CC=C(C)C[C@@H]21. The van der Waals surface area contributed by atoms with Gasteiger partial charge in [0.05, 0.1) is 0 Å². The Balaban J connectivity index is 1.75. The first kappa shape index (κ1) is 25.9. The zero-order valence-electron chi connectivity index (χ0n) is 20.9. The second-order valence-corrected chi connectivity index (χ2v) is 10.7. The molecule has 1 aromatic carbocycles. The van der Waals surface area contributed by atoms with Gasteiger partial charge in [0.15, 0.2) is 6.10 Å². The summed E-state index contributed by atoms with van der Waals surface area (Å²) in [7, 11) is 0. The summed E-state index contributed by atoms with van der Waals surface area (Å²) < 4.78 is 18.1. The third-order valence-corrected chi connectivity index (χ3v) is 7.67. The minimum absolute atomic E-state index is 0.116. The molecule has 3 aliphatic rings. The van der Waals surface area contributed by atoms with Gasteiger partial charge in [-0.2, -0.15) is 0 Å². The fraction of sp³-hybridized carbons (Fsp3) is 0.667. The standard InChI is InChI=1S/C27H38O8/c1-5-6-7-8-15-12-18(33-26-23(30)21(28)22(29)24(34-26)25(31)32)20-16-11-14(2)9-10-17(16)27(3,4)35-19(20)13-15/h9,12-13,16-17,21-24,26,28-30H,5-8,10-11H2,1-4H3,(H,31,32)/t16-,17-,21+,22+,23-,24+,26-/m1/s1. The van der Waals surface area contributed by atoms with Crippen LogP contribution in [0.15, 0.2) is 23.8 Å². The third kappa shape index (κ3) is 5.07. The summed E-state index contributed by atoms with van der Waals surface area (Å²) in [4.78, 5) is 11.6. The lowest BCUT2D eigenvalue weighted by molar-refractivity contribution is -0.271. The number of carbonyl (C=O) groups is 1. The number of hydrogen-bond donors (Lipinski definition) is 4. The van der Waals surface area contributed by atoms with Crippen molar-refractivity contribution in [2.24, 2.45) is 5.92 Å². The molecule has 1 aromatic rings. The minimum Gasteiger partial charge on any atom is -0.487 e. The Morgan fingerprint density at radius 1 is 1.14 bits per heavy atom. The van der Waals surface area contributed by atoms with Crippen molar-refractivity contribution in [1.29, 1.82) is 0 Å². The molecule has 0 amide bonds. The van der Waals surface area contributed by atoms with Crippen LogP contribution < -0.4 is 9.47 Å². The number of aliphatic hydroxyl groups is 3. The molecule has 4 rings (SSSR count). The first-order chi connectivity index (χ1) is 16.5. The van der Waals surface area contributed by atoms with Crippen LogP contribution >= 0.6 is 0 Å². The molecule has 8 nitrogen and oxygen atoms in total. The Morgan fingerprint density at radius 3 is 2.57 bits per heavy atom. The van der Waals surface area contributed by atoms with Crippen LogP contribution in [0.25, 0.3) is 0 Å². The van der Waals surface area contributed by atoms with Gasteiger partial charge in [-0.1, -0.05) is 31.4 Å². The number of hydrogen-bond acceptors (Lipinski definition) is 7. The van der Waals surface area contributed by atoms with Crippen LogP contribution in [0.3, 0.4) is 0 Å². The molecule has 1 fully saturated rings. The Hall–Kier alpha value is -2.13. The fourth-order valence-electron chi connectivity index (χ4n) is 5.70. The van der Waals surface area contributed by atoms with Crippen molar-refractivity contribution in [2.45, 2.75) is 108 Å². The molecule has 1 saturated heterocycles. The van der Waals surface area contributed by atoms with E-state index < -0.39 is 36.7 Å². The number of aryl methyl sites for hydroxylation is 1. The van der Waals surface area contributed by atoms with Gasteiger partial charge in [-0.05, 0) is 64.2 Å². The number of fused-ring (bicyclic) bond motifs is 3. The van der Waals surface area contributed by atoms with Crippen LogP contribution in [0.4, 0.5) is 0 Å². The summed E-state index contributed by atoms with van der Waals surface area (Å²) >= 11 is 0. The number of carboxylic acids is 1. The third-order valence-electron chi connectivity index (χ3n) is 7.67. The van der Waals surface area contributed by atoms with Gasteiger partial charge in [0, 0.05) is 17.4 Å². The van der Waals surface area contributed by atoms with Crippen LogP contribution in [0.1, 0.15) is 76.8 Å². The van der Waals surface area contributed by atoms with Crippen molar-refractivity contribution < 1.29 is 39.4 Å². The smallest absolute Gasteiger partial charge is 0.335 e. The summed E-state index contributed by atoms with van der Waals surface area (Å²) in [5.41, 5.74) is 2.80. The van der Waals surface area contributed by atoms with E-state index in [4.69, 9.17) is 14.2 Å². The molecule has 194 valence electrons. The Bertz CT molecular complexity index is 970. The van der Waals surface area contributed by atoms with Crippen molar-refractivity contribution in [3.05, 3.63) is 34.9 Å². The van der Waals surface area contributed by atoms with Gasteiger partial charge in [0.2, 0.25) is 6.29 Å². The van der Waals surface area contributed by atoms with E-state index in [1.54, 1.807) is 0 Å². The second-order valence-electron chi connectivity index (χ2n) is 10.7. The highest BCUT2D eigenvalue weighted by molar-refractivity contribution is 5.73. The minimum atomic E-state index is -1.77. The zero-order valence-corrected chi connectivity index (χ0v) is 20.9. The van der Waals surface area contributed by atoms with Gasteiger partial charge in [-0.25, -0.2) is 4.79 Å². The fourth-order valence-corrected chi connectivity index (χ4v) is 5.70. The van der Waals surface area contributed by atoms with E-state index in [0.717, 1.165) is 55.4 Å². The monoisotopic (exact) mass is 490 g/mol. The highest BCUT2D eigenvalue weighted by Gasteiger charge is 2.50. The van der Waals surface area contributed by atoms with Gasteiger partial charge in [-0.15, -0.1) is 0 Å². The maximum absolute atomic E-state index is 11.6. The largest absolute Gasteiger partial charge is 0.487 e. The highest BCUT2D eigenvalue weighted by Crippen LogP contribution is 2.54. The Kier molecular flexibility index (Phi) is 7.48. The maximum Gasteiger partial charge on any atom is 0.335 e. The normalized spacial score (nSPS) is 33.7. The molecule has 35 heavy (non-hydrogen) atoms. The summed E-state index contributed by atoms with van der Waals surface area (Å²) in [6.45, 7) is 8.47. The van der Waals surface area contributed by atoms with E-state index in [2.05, 4.69) is 39.8 Å². The molecule has 2 aliphatic heterocycles. The topological polar surface area (TPSA) is 126 Å². The first-order valence-electron chi connectivity index (χ1n) is 12.6. The molecular formula is C27H38O8. The van der Waals surface area contributed by atoms with E-state index in [1.807, 2.05) is 6.07 Å². The molecule has 0 spiro atoms. The number of ether oxygens (including phenoxy) is 3. The summed E-state index contributed by atoms with van der Waals surface area (Å²) in [5.74, 6) is 0.0838. The molecule has 1 aliphatic carbocycles. The number of benzene rings is 1. The Labute approximate surface area is 206 Å². The highest BCUT2D eigenvalue weighted by atomic mass is 16.7. The van der Waals surface area contributed by atoms with Crippen molar-refractivity contribution in [2.75, 3.05) is 0 Å². The van der Waals surface area contributed by atoms with Crippen molar-refractivity contribution in [1.82, 2.24) is 0 Å². The number of carboxylic acid groups (broad SMARTS) is 1. The van der Waals surface area contributed by atoms with Crippen LogP contribution in [-0.4, -0.2) is 62.7 Å². The van der Waals surface area contributed by atoms with Gasteiger partial charge >= 0.3 is 5.97 Å². The lowest BCUT2D eigenvalue weighted by atomic mass is 9.67. The molecule has 0 bridgehead atoms. The lowest BCUT2D eigenvalue weighted by Crippen LogP contribution is -2.61. The van der Waals surface area contributed by atoms with E-state index in [9.17, 15) is 25.2 Å². The van der Waals surface area contributed by atoms with Gasteiger partial charge in [-0.3, -0.25) is 0 Å². The van der Waals surface area contributed by atoms with Crippen LogP contribution in [0.2, 0.25) is 0 Å². The molecule has 0 unspecified atom stereocenters. The summed E-state index contributed by atoms with van der Waals surface area (Å²) in [6, 6.07) is 3.99. The van der Waals surface area contributed by atoms with Gasteiger partial charge in [0.1, 0.15) is 35.4 Å². The predicted molar refractivity (Wildman–Crippen MR) is 129 cm³/mol. The average Bonchev–Trinajstić information content (AvgIpc) is 2.78. The van der Waals surface area contributed by atoms with Gasteiger partial charge < -0.3 is 34.6 Å². The number of allylic oxidation sites excluding steroid dienone is 2. The quantitative estimate of drug-likeness (QED) is 0.339. The first-order valence-corrected chi connectivity index (χ1v) is 12.6. The predicted octanol–water partition coefficient (Wildman–Crippen LogP) is 3.30. The van der Waals surface area contributed by atoms with Crippen LogP contribution in [0, 0.1) is 5.92 Å². The molecule has 0 saturated carbocycles. The van der Waals surface area contributed by atoms with Crippen molar-refractivity contribution in [3.63, 3.8) is 0 Å². The van der Waals surface area contributed by atoms with E-state index >= 15 is 0 Å². The number of unbranched alkanes of at least 4 members (excludes halogenated alkanes) is 2. The zero-order chi connectivity index (χ0) is 25.5. The molecule has 7 atom stereocenters. The molecule has 0 aromatic heterocycles. The lowest BCUT2D eigenvalue weighted by Gasteiger charge is -2.47. The molecule has 8 heteroatoms. The number of aliphatic carboxylic acids is 1. The Morgan fingerprint density at radius 2 is 1.89 bits per heavy atom. The van der Waals surface area contributed by atoms with Crippen molar-refractivity contribution >= 4 is 5.97 Å². The second kappa shape index (κ2) is 10.1. The van der Waals surface area contributed by atoms with Gasteiger partial charge in [0.25, 0.3) is 0 Å². The summed E-state index contributed by atoms with van der Waals surface area (Å²) in [6.07, 6.45) is -0.333. The molecular weight excluding hydrogens is 452 g/mol. The van der Waals surface area contributed by atoms with Crippen molar-refractivity contribution in [3.8, 4) is 11.5 Å². The summed E-state index contributed by atoms with van der Waals surface area (Å²) in [5, 5.41) is 40.4. The molecule has 4 N–H and O–H groups in total. The number of aliphatic hydroxyl groups excluding tert-OH is 3. The van der Waals surface area contributed by atoms with E-state index in [-0.39, 0.29) is 17.4 Å². The molecule has 2 heterocycles. The van der Waals surface area contributed by atoms with Crippen LogP contribution in [0.5, 0.6) is 11.5 Å².